The molecule has 6 heteroatoms. The van der Waals surface area contributed by atoms with Crippen LogP contribution in [0.4, 0.5) is 0 Å². The number of nitrogens with zero attached hydrogens (tertiary/aromatic N) is 2. The number of hydrogen-bond donors (Lipinski definition) is 2. The maximum Gasteiger partial charge on any atom is 0.102 e. The fraction of sp³-hybridized carbons (Fsp3) is 1.00. The van der Waals surface area contributed by atoms with Crippen LogP contribution in [0.15, 0.2) is 0 Å². The molecule has 0 heterocycles. The summed E-state index contributed by atoms with van der Waals surface area (Å²) >= 11 is 0. The maximum absolute atomic E-state index is 9.76. The van der Waals surface area contributed by atoms with Crippen molar-refractivity contribution in [3.05, 3.63) is 0 Å². The SMILES string of the molecule is CCCCCCCCCCCCCCCC[N+](C)(CCO)CCCCCC[N+](C)(CCO)CCCCCCCCCCCCCCCC.[Br-].[Br-]. The van der Waals surface area contributed by atoms with Gasteiger partial charge in [0.25, 0.3) is 0 Å². The van der Waals surface area contributed by atoms with Gasteiger partial charge in [0, 0.05) is 0 Å². The Morgan fingerprint density at radius 2 is 0.420 bits per heavy atom. The highest BCUT2D eigenvalue weighted by Crippen LogP contribution is 2.17. The third kappa shape index (κ3) is 38.5. The summed E-state index contributed by atoms with van der Waals surface area (Å²) in [5.41, 5.74) is 0. The standard InChI is InChI=1S/C44H94N2O2.2BrH/c1-5-7-9-11-13-15-17-19-21-23-25-27-29-33-37-45(3,41-43-47)39-35-31-32-36-40-46(4,42-44-48)38-34-30-28-26-24-22-20-18-16-14-12-10-8-6-2;;/h47-48H,5-44H2,1-4H3;2*1H/q+2;;/p-2. The summed E-state index contributed by atoms with van der Waals surface area (Å²) in [4.78, 5) is 0. The molecule has 0 aliphatic rings. The fourth-order valence-corrected chi connectivity index (χ4v) is 7.87. The highest BCUT2D eigenvalue weighted by Gasteiger charge is 2.21. The first-order chi connectivity index (χ1) is 23.4. The average Bonchev–Trinajstić information content (AvgIpc) is 3.07. The molecule has 0 amide bonds. The van der Waals surface area contributed by atoms with Crippen LogP contribution in [0.5, 0.6) is 0 Å². The Morgan fingerprint density at radius 1 is 0.260 bits per heavy atom. The zero-order valence-electron chi connectivity index (χ0n) is 34.8. The van der Waals surface area contributed by atoms with E-state index in [0.29, 0.717) is 13.2 Å². The fourth-order valence-electron chi connectivity index (χ4n) is 7.87. The molecule has 0 aromatic carbocycles. The molecular weight excluding hydrogens is 748 g/mol. The van der Waals surface area contributed by atoms with Gasteiger partial charge in [-0.1, -0.05) is 168 Å². The van der Waals surface area contributed by atoms with Crippen molar-refractivity contribution >= 4 is 0 Å². The Morgan fingerprint density at radius 3 is 0.580 bits per heavy atom. The van der Waals surface area contributed by atoms with Crippen molar-refractivity contribution in [1.29, 1.82) is 0 Å². The predicted molar refractivity (Wildman–Crippen MR) is 215 cm³/mol. The molecule has 0 aliphatic heterocycles. The van der Waals surface area contributed by atoms with Crippen molar-refractivity contribution in [2.24, 2.45) is 0 Å². The average molecular weight is 843 g/mol. The molecule has 2 atom stereocenters. The van der Waals surface area contributed by atoms with Crippen molar-refractivity contribution in [3.8, 4) is 0 Å². The van der Waals surface area contributed by atoms with Crippen LogP contribution in [0.1, 0.15) is 219 Å². The van der Waals surface area contributed by atoms with Crippen LogP contribution in [0, 0.1) is 0 Å². The Labute approximate surface area is 337 Å². The summed E-state index contributed by atoms with van der Waals surface area (Å²) in [6.07, 6.45) is 44.7. The molecule has 306 valence electrons. The number of halogens is 2. The summed E-state index contributed by atoms with van der Waals surface area (Å²) < 4.78 is 2.10. The lowest BCUT2D eigenvalue weighted by Gasteiger charge is -2.35. The number of aliphatic hydroxyl groups excluding tert-OH is 2. The van der Waals surface area contributed by atoms with E-state index in [4.69, 9.17) is 0 Å². The molecule has 50 heavy (non-hydrogen) atoms. The summed E-state index contributed by atoms with van der Waals surface area (Å²) in [5, 5.41) is 19.5. The van der Waals surface area contributed by atoms with E-state index in [-0.39, 0.29) is 34.0 Å². The van der Waals surface area contributed by atoms with E-state index >= 15 is 0 Å². The molecule has 2 unspecified atom stereocenters. The first kappa shape index (κ1) is 55.1. The molecule has 0 rings (SSSR count). The lowest BCUT2D eigenvalue weighted by Crippen LogP contribution is -3.00. The molecule has 2 N–H and O–H groups in total. The number of unbranched alkanes of at least 4 members (excludes halogenated alkanes) is 29. The van der Waals surface area contributed by atoms with E-state index in [0.717, 1.165) is 22.1 Å². The number of hydrogen-bond acceptors (Lipinski definition) is 2. The molecule has 4 nitrogen and oxygen atoms in total. The lowest BCUT2D eigenvalue weighted by atomic mass is 10.0. The summed E-state index contributed by atoms with van der Waals surface area (Å²) in [7, 11) is 4.76. The van der Waals surface area contributed by atoms with E-state index < -0.39 is 0 Å². The molecule has 0 saturated heterocycles. The molecule has 0 saturated carbocycles. The van der Waals surface area contributed by atoms with E-state index in [2.05, 4.69) is 27.9 Å². The topological polar surface area (TPSA) is 40.5 Å². The van der Waals surface area contributed by atoms with Crippen LogP contribution >= 0.6 is 0 Å². The minimum atomic E-state index is 0. The summed E-state index contributed by atoms with van der Waals surface area (Å²) in [6, 6.07) is 0. The number of likely N-dealkylation sites (N-methyl/N-ethyl adjacent to an activating group) is 2. The van der Waals surface area contributed by atoms with Gasteiger partial charge in [0.2, 0.25) is 0 Å². The molecular formula is C44H94Br2N2O2. The largest absolute Gasteiger partial charge is 1.00 e. The summed E-state index contributed by atoms with van der Waals surface area (Å²) in [5.74, 6) is 0. The van der Waals surface area contributed by atoms with Crippen molar-refractivity contribution in [1.82, 2.24) is 0 Å². The van der Waals surface area contributed by atoms with Crippen LogP contribution in [-0.4, -0.2) is 85.8 Å². The van der Waals surface area contributed by atoms with Gasteiger partial charge in [0.1, 0.15) is 13.1 Å². The minimum Gasteiger partial charge on any atom is -1.00 e. The third-order valence-electron chi connectivity index (χ3n) is 11.5. The number of aliphatic hydroxyl groups is 2. The lowest BCUT2D eigenvalue weighted by molar-refractivity contribution is -0.911. The Balaban J connectivity index is -0.0000110. The van der Waals surface area contributed by atoms with Crippen LogP contribution < -0.4 is 34.0 Å². The van der Waals surface area contributed by atoms with Gasteiger partial charge in [-0.3, -0.25) is 0 Å². The van der Waals surface area contributed by atoms with Gasteiger partial charge in [-0.2, -0.15) is 0 Å². The second-order valence-electron chi connectivity index (χ2n) is 16.6. The number of rotatable bonds is 41. The third-order valence-corrected chi connectivity index (χ3v) is 11.5. The van der Waals surface area contributed by atoms with Crippen molar-refractivity contribution in [2.45, 2.75) is 219 Å². The zero-order chi connectivity index (χ0) is 35.3. The monoisotopic (exact) mass is 841 g/mol. The van der Waals surface area contributed by atoms with E-state index in [1.807, 2.05) is 0 Å². The van der Waals surface area contributed by atoms with E-state index in [9.17, 15) is 10.2 Å². The molecule has 0 spiro atoms. The Bertz CT molecular complexity index is 577. The molecule has 0 bridgehead atoms. The van der Waals surface area contributed by atoms with Gasteiger partial charge in [0.15, 0.2) is 0 Å². The Kier molecular flexibility index (Phi) is 46.9. The smallest absolute Gasteiger partial charge is 0.102 e. The van der Waals surface area contributed by atoms with Crippen molar-refractivity contribution < 1.29 is 53.1 Å². The van der Waals surface area contributed by atoms with Crippen LogP contribution in [0.3, 0.4) is 0 Å². The first-order valence-electron chi connectivity index (χ1n) is 22.3. The quantitative estimate of drug-likeness (QED) is 0.0554. The van der Waals surface area contributed by atoms with Gasteiger partial charge in [-0.25, -0.2) is 0 Å². The first-order valence-corrected chi connectivity index (χ1v) is 22.3. The van der Waals surface area contributed by atoms with Crippen molar-refractivity contribution in [3.63, 3.8) is 0 Å². The van der Waals surface area contributed by atoms with Gasteiger partial charge in [-0.05, 0) is 51.4 Å². The minimum absolute atomic E-state index is 0. The molecule has 0 aliphatic carbocycles. The normalized spacial score (nSPS) is 13.8. The number of quaternary nitrogens is 2. The van der Waals surface area contributed by atoms with Crippen molar-refractivity contribution in [2.75, 3.05) is 66.6 Å². The maximum atomic E-state index is 9.76. The summed E-state index contributed by atoms with van der Waals surface area (Å²) in [6.45, 7) is 11.9. The molecule has 0 aromatic heterocycles. The van der Waals surface area contributed by atoms with E-state index in [1.54, 1.807) is 0 Å². The van der Waals surface area contributed by atoms with Gasteiger partial charge < -0.3 is 53.1 Å². The highest BCUT2D eigenvalue weighted by molar-refractivity contribution is 4.53. The Hall–Kier alpha value is 0.800. The van der Waals surface area contributed by atoms with Crippen LogP contribution in [-0.2, 0) is 0 Å². The van der Waals surface area contributed by atoms with Gasteiger partial charge in [0.05, 0.1) is 53.5 Å². The second-order valence-corrected chi connectivity index (χ2v) is 16.6. The molecule has 0 aromatic rings. The zero-order valence-corrected chi connectivity index (χ0v) is 38.0. The molecule has 0 fully saturated rings. The van der Waals surface area contributed by atoms with Gasteiger partial charge in [-0.15, -0.1) is 0 Å². The van der Waals surface area contributed by atoms with Crippen LogP contribution in [0.2, 0.25) is 0 Å². The van der Waals surface area contributed by atoms with E-state index in [1.165, 1.54) is 232 Å². The van der Waals surface area contributed by atoms with Gasteiger partial charge >= 0.3 is 0 Å². The molecule has 0 radical (unpaired) electrons. The predicted octanol–water partition coefficient (Wildman–Crippen LogP) is 6.40. The van der Waals surface area contributed by atoms with Crippen LogP contribution in [0.25, 0.3) is 0 Å². The second kappa shape index (κ2) is 42.5. The highest BCUT2D eigenvalue weighted by atomic mass is 79.9.